The second kappa shape index (κ2) is 9.80. The molecule has 0 aliphatic carbocycles. The van der Waals surface area contributed by atoms with E-state index in [9.17, 15) is 22.4 Å². The van der Waals surface area contributed by atoms with Crippen molar-refractivity contribution in [2.75, 3.05) is 31.6 Å². The average molecular weight is 477 g/mol. The number of ether oxygens (including phenoxy) is 1. The van der Waals surface area contributed by atoms with Gasteiger partial charge in [0.05, 0.1) is 28.7 Å². The van der Waals surface area contributed by atoms with Crippen LogP contribution in [0.25, 0.3) is 11.3 Å². The van der Waals surface area contributed by atoms with Crippen molar-refractivity contribution in [2.24, 2.45) is 7.05 Å². The highest BCUT2D eigenvalue weighted by molar-refractivity contribution is 6.04. The Morgan fingerprint density at radius 3 is 2.59 bits per heavy atom. The van der Waals surface area contributed by atoms with Gasteiger partial charge in [0.15, 0.2) is 0 Å². The number of anilines is 1. The topological polar surface area (TPSA) is 72.3 Å². The maximum Gasteiger partial charge on any atom is 0.419 e. The summed E-state index contributed by atoms with van der Waals surface area (Å²) in [7, 11) is 1.75. The third kappa shape index (κ3) is 5.36. The van der Waals surface area contributed by atoms with Crippen molar-refractivity contribution in [1.29, 1.82) is 0 Å². The molecule has 1 saturated heterocycles. The largest absolute Gasteiger partial charge is 0.476 e. The third-order valence-electron chi connectivity index (χ3n) is 5.59. The van der Waals surface area contributed by atoms with Crippen molar-refractivity contribution in [1.82, 2.24) is 19.7 Å². The Hall–Kier alpha value is -3.47. The van der Waals surface area contributed by atoms with Gasteiger partial charge < -0.3 is 10.1 Å². The van der Waals surface area contributed by atoms with Crippen LogP contribution in [0.4, 0.5) is 23.2 Å². The Morgan fingerprint density at radius 1 is 1.18 bits per heavy atom. The van der Waals surface area contributed by atoms with Gasteiger partial charge in [-0.05, 0) is 56.3 Å². The second-order valence-electron chi connectivity index (χ2n) is 7.96. The molecule has 1 aliphatic rings. The Bertz CT molecular complexity index is 1170. The van der Waals surface area contributed by atoms with Crippen LogP contribution < -0.4 is 10.1 Å². The monoisotopic (exact) mass is 477 g/mol. The van der Waals surface area contributed by atoms with E-state index in [1.807, 2.05) is 0 Å². The minimum absolute atomic E-state index is 0.251. The van der Waals surface area contributed by atoms with E-state index in [2.05, 4.69) is 20.3 Å². The molecule has 7 nitrogen and oxygen atoms in total. The first-order valence-electron chi connectivity index (χ1n) is 10.7. The van der Waals surface area contributed by atoms with E-state index in [0.717, 1.165) is 25.7 Å². The molecule has 3 heterocycles. The van der Waals surface area contributed by atoms with E-state index in [0.29, 0.717) is 35.9 Å². The minimum atomic E-state index is -4.84. The van der Waals surface area contributed by atoms with Crippen LogP contribution in [0.1, 0.15) is 28.8 Å². The molecule has 4 rings (SSSR count). The molecule has 3 aromatic rings. The van der Waals surface area contributed by atoms with Crippen molar-refractivity contribution < 1.29 is 27.1 Å². The fourth-order valence-corrected chi connectivity index (χ4v) is 3.82. The van der Waals surface area contributed by atoms with E-state index >= 15 is 0 Å². The van der Waals surface area contributed by atoms with Crippen molar-refractivity contribution in [2.45, 2.75) is 19.0 Å². The number of pyridine rings is 1. The molecule has 1 fully saturated rings. The number of nitrogens with one attached hydrogen (secondary N) is 1. The van der Waals surface area contributed by atoms with Crippen LogP contribution in [0.5, 0.6) is 5.88 Å². The van der Waals surface area contributed by atoms with Crippen LogP contribution in [0.3, 0.4) is 0 Å². The second-order valence-corrected chi connectivity index (χ2v) is 7.96. The molecule has 11 heteroatoms. The first-order chi connectivity index (χ1) is 16.2. The number of hydrogen-bond donors (Lipinski definition) is 1. The van der Waals surface area contributed by atoms with Gasteiger partial charge in [-0.15, -0.1) is 0 Å². The quantitative estimate of drug-likeness (QED) is 0.512. The lowest BCUT2D eigenvalue weighted by Crippen LogP contribution is -2.25. The van der Waals surface area contributed by atoms with Crippen LogP contribution >= 0.6 is 0 Å². The zero-order valence-electron chi connectivity index (χ0n) is 18.4. The van der Waals surface area contributed by atoms with Gasteiger partial charge in [-0.3, -0.25) is 14.4 Å². The molecule has 0 radical (unpaired) electrons. The molecule has 1 aromatic carbocycles. The van der Waals surface area contributed by atoms with Gasteiger partial charge in [-0.1, -0.05) is 0 Å². The summed E-state index contributed by atoms with van der Waals surface area (Å²) in [6.45, 7) is 3.29. The third-order valence-corrected chi connectivity index (χ3v) is 5.59. The van der Waals surface area contributed by atoms with E-state index in [4.69, 9.17) is 4.74 Å². The first-order valence-corrected chi connectivity index (χ1v) is 10.7. The molecular weight excluding hydrogens is 454 g/mol. The molecule has 0 saturated carbocycles. The van der Waals surface area contributed by atoms with Crippen LogP contribution in [-0.4, -0.2) is 51.8 Å². The molecule has 0 spiro atoms. The van der Waals surface area contributed by atoms with Gasteiger partial charge >= 0.3 is 6.18 Å². The fourth-order valence-electron chi connectivity index (χ4n) is 3.82. The van der Waals surface area contributed by atoms with Crippen LogP contribution in [-0.2, 0) is 13.2 Å². The molecule has 34 heavy (non-hydrogen) atoms. The van der Waals surface area contributed by atoms with Crippen LogP contribution in [0, 0.1) is 5.82 Å². The van der Waals surface area contributed by atoms with Gasteiger partial charge in [0.1, 0.15) is 12.4 Å². The van der Waals surface area contributed by atoms with Crippen molar-refractivity contribution in [3.05, 3.63) is 59.7 Å². The minimum Gasteiger partial charge on any atom is -0.476 e. The van der Waals surface area contributed by atoms with Crippen molar-refractivity contribution in [3.63, 3.8) is 0 Å². The van der Waals surface area contributed by atoms with Crippen LogP contribution in [0.2, 0.25) is 0 Å². The van der Waals surface area contributed by atoms with Gasteiger partial charge in [0.2, 0.25) is 5.88 Å². The molecule has 2 aromatic heterocycles. The Balaban J connectivity index is 1.53. The number of aryl methyl sites for hydroxylation is 1. The highest BCUT2D eigenvalue weighted by atomic mass is 19.4. The number of carbonyl (C=O) groups excluding carboxylic acids is 1. The molecule has 1 amide bonds. The molecule has 0 atom stereocenters. The predicted octanol–water partition coefficient (Wildman–Crippen LogP) is 4.37. The van der Waals surface area contributed by atoms with Crippen molar-refractivity contribution >= 4 is 11.6 Å². The number of aromatic nitrogens is 3. The maximum atomic E-state index is 13.9. The average Bonchev–Trinajstić information content (AvgIpc) is 3.45. The normalized spacial score (nSPS) is 14.4. The molecule has 180 valence electrons. The van der Waals surface area contributed by atoms with E-state index in [1.165, 1.54) is 19.0 Å². The fraction of sp³-hybridized carbons (Fsp3) is 0.348. The highest BCUT2D eigenvalue weighted by Crippen LogP contribution is 2.32. The molecule has 1 N–H and O–H groups in total. The van der Waals surface area contributed by atoms with E-state index < -0.39 is 23.5 Å². The number of halogens is 4. The van der Waals surface area contributed by atoms with Crippen LogP contribution in [0.15, 0.2) is 42.7 Å². The number of amides is 1. The number of benzene rings is 1. The summed E-state index contributed by atoms with van der Waals surface area (Å²) in [4.78, 5) is 19.2. The lowest BCUT2D eigenvalue weighted by atomic mass is 10.1. The summed E-state index contributed by atoms with van der Waals surface area (Å²) in [5, 5.41) is 6.71. The summed E-state index contributed by atoms with van der Waals surface area (Å²) in [6, 6.07) is 5.42. The van der Waals surface area contributed by atoms with Gasteiger partial charge in [0.25, 0.3) is 5.91 Å². The highest BCUT2D eigenvalue weighted by Gasteiger charge is 2.34. The van der Waals surface area contributed by atoms with Crippen molar-refractivity contribution in [3.8, 4) is 17.1 Å². The number of hydrogen-bond acceptors (Lipinski definition) is 5. The first kappa shape index (κ1) is 23.7. The molecule has 0 bridgehead atoms. The summed E-state index contributed by atoms with van der Waals surface area (Å²) in [6.07, 6.45) is 0.500. The van der Waals surface area contributed by atoms with Gasteiger partial charge in [-0.2, -0.15) is 18.3 Å². The lowest BCUT2D eigenvalue weighted by molar-refractivity contribution is -0.140. The summed E-state index contributed by atoms with van der Waals surface area (Å²) < 4.78 is 59.8. The Morgan fingerprint density at radius 2 is 1.94 bits per heavy atom. The van der Waals surface area contributed by atoms with Gasteiger partial charge in [0, 0.05) is 25.4 Å². The smallest absolute Gasteiger partial charge is 0.419 e. The van der Waals surface area contributed by atoms with Gasteiger partial charge in [-0.25, -0.2) is 9.37 Å². The molecule has 0 unspecified atom stereocenters. The number of likely N-dealkylation sites (tertiary alicyclic amines) is 1. The van der Waals surface area contributed by atoms with E-state index in [1.54, 1.807) is 30.1 Å². The zero-order valence-corrected chi connectivity index (χ0v) is 18.4. The summed E-state index contributed by atoms with van der Waals surface area (Å²) in [5.74, 6) is -1.93. The Kier molecular flexibility index (Phi) is 6.82. The predicted molar refractivity (Wildman–Crippen MR) is 117 cm³/mol. The number of rotatable bonds is 7. The Labute approximate surface area is 193 Å². The maximum absolute atomic E-state index is 13.9. The number of nitrogens with zero attached hydrogens (tertiary/aromatic N) is 4. The lowest BCUT2D eigenvalue weighted by Gasteiger charge is -2.17. The molecule has 1 aliphatic heterocycles. The summed E-state index contributed by atoms with van der Waals surface area (Å²) >= 11 is 0. The SMILES string of the molecule is Cn1nccc1-c1cc(NC(=O)c2ccc(C(F)(F)F)c(F)c2)cnc1OCCN1CCCC1. The van der Waals surface area contributed by atoms with E-state index in [-0.39, 0.29) is 11.3 Å². The summed E-state index contributed by atoms with van der Waals surface area (Å²) in [5.41, 5.74) is -0.135. The standard InChI is InChI=1S/C23H23F4N5O2/c1-31-20(6-7-29-31)17-13-16(14-28-22(17)34-11-10-32-8-2-3-9-32)30-21(33)15-4-5-18(19(24)12-15)23(25,26)27/h4-7,12-14H,2-3,8-11H2,1H3,(H,30,33). The number of alkyl halides is 3. The number of carbonyl (C=O) groups is 1. The zero-order chi connectivity index (χ0) is 24.3. The molecular formula is C23H23F4N5O2.